The molecule has 0 aliphatic carbocycles. The Morgan fingerprint density at radius 3 is 2.59 bits per heavy atom. The lowest BCUT2D eigenvalue weighted by Crippen LogP contribution is -2.26. The topological polar surface area (TPSA) is 29.5 Å². The van der Waals surface area contributed by atoms with Gasteiger partial charge in [-0.1, -0.05) is 19.9 Å². The molecule has 1 rings (SSSR count). The first-order chi connectivity index (χ1) is 8.15. The van der Waals surface area contributed by atoms with Gasteiger partial charge in [0.15, 0.2) is 0 Å². The number of likely N-dealkylation sites (tertiary alicyclic amines) is 1. The van der Waals surface area contributed by atoms with Crippen molar-refractivity contribution < 1.29 is 9.53 Å². The van der Waals surface area contributed by atoms with Crippen LogP contribution in [0.3, 0.4) is 0 Å². The maximum Gasteiger partial charge on any atom is 0.330 e. The van der Waals surface area contributed by atoms with E-state index in [1.807, 2.05) is 13.0 Å². The predicted octanol–water partition coefficient (Wildman–Crippen LogP) is 2.62. The first-order valence-electron chi connectivity index (χ1n) is 6.71. The number of rotatable bonds is 6. The largest absolute Gasteiger partial charge is 0.463 e. The van der Waals surface area contributed by atoms with E-state index in [2.05, 4.69) is 18.7 Å². The van der Waals surface area contributed by atoms with Crippen molar-refractivity contribution in [3.63, 3.8) is 0 Å². The second kappa shape index (κ2) is 6.80. The summed E-state index contributed by atoms with van der Waals surface area (Å²) < 4.78 is 4.85. The molecule has 3 nitrogen and oxygen atoms in total. The van der Waals surface area contributed by atoms with Crippen molar-refractivity contribution in [3.8, 4) is 0 Å². The molecule has 0 aromatic heterocycles. The number of carbonyl (C=O) groups excluding carboxylic acids is 1. The Kier molecular flexibility index (Phi) is 5.69. The summed E-state index contributed by atoms with van der Waals surface area (Å²) in [6.45, 7) is 10.00. The van der Waals surface area contributed by atoms with Crippen molar-refractivity contribution >= 4 is 5.97 Å². The molecule has 1 heterocycles. The van der Waals surface area contributed by atoms with Crippen LogP contribution < -0.4 is 0 Å². The molecule has 0 saturated carbocycles. The average Bonchev–Trinajstić information content (AvgIpc) is 2.74. The Morgan fingerprint density at radius 2 is 2.06 bits per heavy atom. The van der Waals surface area contributed by atoms with Gasteiger partial charge in [0.1, 0.15) is 0 Å². The molecule has 0 unspecified atom stereocenters. The number of esters is 1. The smallest absolute Gasteiger partial charge is 0.330 e. The molecule has 1 aliphatic heterocycles. The maximum absolute atomic E-state index is 11.1. The number of carbonyl (C=O) groups is 1. The van der Waals surface area contributed by atoms with E-state index in [-0.39, 0.29) is 5.97 Å². The van der Waals surface area contributed by atoms with Gasteiger partial charge in [0.2, 0.25) is 0 Å². The van der Waals surface area contributed by atoms with Crippen LogP contribution in [0.1, 0.15) is 40.0 Å². The predicted molar refractivity (Wildman–Crippen MR) is 69.8 cm³/mol. The van der Waals surface area contributed by atoms with Gasteiger partial charge in [-0.2, -0.15) is 0 Å². The minimum atomic E-state index is -0.232. The van der Waals surface area contributed by atoms with Crippen LogP contribution in [0.5, 0.6) is 0 Å². The fourth-order valence-corrected chi connectivity index (χ4v) is 2.50. The molecule has 0 aromatic carbocycles. The van der Waals surface area contributed by atoms with Gasteiger partial charge >= 0.3 is 5.97 Å². The van der Waals surface area contributed by atoms with E-state index in [4.69, 9.17) is 4.74 Å². The normalized spacial score (nSPS) is 19.9. The molecule has 1 aliphatic rings. The van der Waals surface area contributed by atoms with E-state index >= 15 is 0 Å². The molecule has 0 aromatic rings. The zero-order valence-electron chi connectivity index (χ0n) is 11.4. The maximum atomic E-state index is 11.1. The highest BCUT2D eigenvalue weighted by Gasteiger charge is 2.34. The Hall–Kier alpha value is -0.830. The third-order valence-corrected chi connectivity index (χ3v) is 3.92. The molecule has 0 atom stereocenters. The third kappa shape index (κ3) is 4.15. The fourth-order valence-electron chi connectivity index (χ4n) is 2.50. The average molecular weight is 239 g/mol. The molecule has 98 valence electrons. The van der Waals surface area contributed by atoms with Gasteiger partial charge in [-0.3, -0.25) is 4.90 Å². The summed E-state index contributed by atoms with van der Waals surface area (Å²) in [5.74, 6) is -0.232. The van der Waals surface area contributed by atoms with Crippen LogP contribution in [-0.2, 0) is 9.53 Å². The van der Waals surface area contributed by atoms with Crippen molar-refractivity contribution in [2.45, 2.75) is 40.0 Å². The fraction of sp³-hybridized carbons (Fsp3) is 0.786. The molecular formula is C14H25NO2. The lowest BCUT2D eigenvalue weighted by atomic mass is 9.82. The van der Waals surface area contributed by atoms with Gasteiger partial charge in [0.05, 0.1) is 6.61 Å². The van der Waals surface area contributed by atoms with Crippen molar-refractivity contribution in [3.05, 3.63) is 12.2 Å². The summed E-state index contributed by atoms with van der Waals surface area (Å²) in [6.07, 6.45) is 7.25. The summed E-state index contributed by atoms with van der Waals surface area (Å²) in [5, 5.41) is 0. The summed E-state index contributed by atoms with van der Waals surface area (Å²) in [5.41, 5.74) is 0.512. The minimum Gasteiger partial charge on any atom is -0.463 e. The first-order valence-corrected chi connectivity index (χ1v) is 6.71. The van der Waals surface area contributed by atoms with Crippen molar-refractivity contribution in [2.75, 3.05) is 26.2 Å². The highest BCUT2D eigenvalue weighted by molar-refractivity contribution is 5.81. The standard InChI is InChI=1S/C14H25NO2/c1-4-14(5-2)9-11-15(12-14)10-7-8-13(16)17-6-3/h7-8H,4-6,9-12H2,1-3H3/b8-7+. The van der Waals surface area contributed by atoms with Crippen molar-refractivity contribution in [1.82, 2.24) is 4.90 Å². The Labute approximate surface area is 105 Å². The minimum absolute atomic E-state index is 0.232. The summed E-state index contributed by atoms with van der Waals surface area (Å²) in [7, 11) is 0. The number of nitrogens with zero attached hydrogens (tertiary/aromatic N) is 1. The summed E-state index contributed by atoms with van der Waals surface area (Å²) in [4.78, 5) is 13.5. The van der Waals surface area contributed by atoms with Gasteiger partial charge in [0, 0.05) is 19.2 Å². The number of ether oxygens (including phenoxy) is 1. The second-order valence-corrected chi connectivity index (χ2v) is 4.85. The molecule has 1 fully saturated rings. The second-order valence-electron chi connectivity index (χ2n) is 4.85. The van der Waals surface area contributed by atoms with E-state index in [9.17, 15) is 4.79 Å². The van der Waals surface area contributed by atoms with E-state index in [0.717, 1.165) is 19.6 Å². The van der Waals surface area contributed by atoms with Crippen LogP contribution in [-0.4, -0.2) is 37.1 Å². The SMILES string of the molecule is CCOC(=O)/C=C/CN1CCC(CC)(CC)C1. The molecule has 0 N–H and O–H groups in total. The van der Waals surface area contributed by atoms with Crippen LogP contribution in [0.25, 0.3) is 0 Å². The third-order valence-electron chi connectivity index (χ3n) is 3.92. The zero-order valence-corrected chi connectivity index (χ0v) is 11.4. The summed E-state index contributed by atoms with van der Waals surface area (Å²) in [6, 6.07) is 0. The lowest BCUT2D eigenvalue weighted by molar-refractivity contribution is -0.137. The van der Waals surface area contributed by atoms with E-state index in [1.165, 1.54) is 19.3 Å². The highest BCUT2D eigenvalue weighted by Crippen LogP contribution is 2.36. The van der Waals surface area contributed by atoms with Gasteiger partial charge in [-0.25, -0.2) is 4.79 Å². The Morgan fingerprint density at radius 1 is 1.35 bits per heavy atom. The highest BCUT2D eigenvalue weighted by atomic mass is 16.5. The quantitative estimate of drug-likeness (QED) is 0.527. The molecule has 3 heteroatoms. The lowest BCUT2D eigenvalue weighted by Gasteiger charge is -2.26. The number of hydrogen-bond donors (Lipinski definition) is 0. The van der Waals surface area contributed by atoms with Gasteiger partial charge in [-0.15, -0.1) is 0 Å². The molecule has 0 radical (unpaired) electrons. The van der Waals surface area contributed by atoms with Crippen LogP contribution in [0, 0.1) is 5.41 Å². The zero-order chi connectivity index (χ0) is 12.7. The van der Waals surface area contributed by atoms with Gasteiger partial charge in [0.25, 0.3) is 0 Å². The van der Waals surface area contributed by atoms with Gasteiger partial charge in [-0.05, 0) is 38.1 Å². The molecule has 0 bridgehead atoms. The van der Waals surface area contributed by atoms with E-state index in [1.54, 1.807) is 6.08 Å². The van der Waals surface area contributed by atoms with Crippen LogP contribution >= 0.6 is 0 Å². The van der Waals surface area contributed by atoms with Crippen LogP contribution in [0.15, 0.2) is 12.2 Å². The molecule has 0 spiro atoms. The Bertz CT molecular complexity index is 269. The van der Waals surface area contributed by atoms with Crippen LogP contribution in [0.2, 0.25) is 0 Å². The van der Waals surface area contributed by atoms with Gasteiger partial charge < -0.3 is 4.74 Å². The van der Waals surface area contributed by atoms with Crippen molar-refractivity contribution in [2.24, 2.45) is 5.41 Å². The molecule has 0 amide bonds. The van der Waals surface area contributed by atoms with Crippen LogP contribution in [0.4, 0.5) is 0 Å². The first kappa shape index (κ1) is 14.2. The van der Waals surface area contributed by atoms with Crippen molar-refractivity contribution in [1.29, 1.82) is 0 Å². The van der Waals surface area contributed by atoms with E-state index < -0.39 is 0 Å². The summed E-state index contributed by atoms with van der Waals surface area (Å²) >= 11 is 0. The molecule has 17 heavy (non-hydrogen) atoms. The Balaban J connectivity index is 2.33. The number of hydrogen-bond acceptors (Lipinski definition) is 3. The molecule has 1 saturated heterocycles. The molecular weight excluding hydrogens is 214 g/mol. The van der Waals surface area contributed by atoms with E-state index in [0.29, 0.717) is 12.0 Å². The monoisotopic (exact) mass is 239 g/mol.